The molecule has 0 atom stereocenters. The van der Waals surface area contributed by atoms with E-state index in [-0.39, 0.29) is 4.90 Å². The highest BCUT2D eigenvalue weighted by Gasteiger charge is 2.14. The minimum Gasteiger partial charge on any atom is -0.497 e. The molecule has 3 aromatic rings. The first-order chi connectivity index (χ1) is 11.1. The van der Waals surface area contributed by atoms with Crippen LogP contribution >= 0.6 is 0 Å². The van der Waals surface area contributed by atoms with Gasteiger partial charge in [-0.3, -0.25) is 4.72 Å². The van der Waals surface area contributed by atoms with Gasteiger partial charge in [-0.15, -0.1) is 0 Å². The molecule has 0 aliphatic carbocycles. The zero-order valence-corrected chi connectivity index (χ0v) is 13.1. The molecule has 0 saturated heterocycles. The summed E-state index contributed by atoms with van der Waals surface area (Å²) in [6.45, 7) is 0. The molecule has 0 unspecified atom stereocenters. The molecular formula is C16H14N2O4S. The lowest BCUT2D eigenvalue weighted by Crippen LogP contribution is -2.12. The normalized spacial score (nSPS) is 11.2. The predicted molar refractivity (Wildman–Crippen MR) is 85.7 cm³/mol. The van der Waals surface area contributed by atoms with Crippen LogP contribution in [-0.4, -0.2) is 20.5 Å². The van der Waals surface area contributed by atoms with Crippen molar-refractivity contribution in [2.24, 2.45) is 0 Å². The number of benzene rings is 2. The number of rotatable bonds is 5. The van der Waals surface area contributed by atoms with Crippen LogP contribution in [0.15, 0.2) is 70.4 Å². The van der Waals surface area contributed by atoms with Crippen LogP contribution in [0.25, 0.3) is 11.3 Å². The van der Waals surface area contributed by atoms with Crippen LogP contribution in [0.1, 0.15) is 0 Å². The number of aromatic nitrogens is 1. The number of hydrogen-bond donors (Lipinski definition) is 1. The average molecular weight is 330 g/mol. The van der Waals surface area contributed by atoms with Gasteiger partial charge >= 0.3 is 0 Å². The summed E-state index contributed by atoms with van der Waals surface area (Å²) >= 11 is 0. The maximum atomic E-state index is 12.4. The van der Waals surface area contributed by atoms with Gasteiger partial charge in [-0.1, -0.05) is 12.1 Å². The van der Waals surface area contributed by atoms with Gasteiger partial charge in [0.2, 0.25) is 0 Å². The first-order valence-electron chi connectivity index (χ1n) is 6.74. The second-order valence-corrected chi connectivity index (χ2v) is 6.41. The van der Waals surface area contributed by atoms with Crippen LogP contribution in [-0.2, 0) is 10.0 Å². The van der Waals surface area contributed by atoms with Gasteiger partial charge in [-0.05, 0) is 36.4 Å². The lowest BCUT2D eigenvalue weighted by Gasteiger charge is -2.09. The van der Waals surface area contributed by atoms with Crippen molar-refractivity contribution in [2.45, 2.75) is 4.90 Å². The third kappa shape index (κ3) is 3.35. The Bertz CT molecular complexity index is 888. The molecule has 2 aromatic carbocycles. The molecule has 6 nitrogen and oxygen atoms in total. The molecule has 7 heteroatoms. The minimum atomic E-state index is -3.68. The Morgan fingerprint density at radius 2 is 1.91 bits per heavy atom. The van der Waals surface area contributed by atoms with Crippen molar-refractivity contribution in [1.82, 2.24) is 4.98 Å². The van der Waals surface area contributed by atoms with Gasteiger partial charge < -0.3 is 9.15 Å². The number of nitrogens with one attached hydrogen (secondary N) is 1. The number of ether oxygens (including phenoxy) is 1. The number of nitrogens with zero attached hydrogens (tertiary/aromatic N) is 1. The number of anilines is 1. The number of hydrogen-bond acceptors (Lipinski definition) is 5. The Balaban J connectivity index is 1.87. The van der Waals surface area contributed by atoms with Crippen molar-refractivity contribution in [3.63, 3.8) is 0 Å². The van der Waals surface area contributed by atoms with Crippen LogP contribution in [0.3, 0.4) is 0 Å². The van der Waals surface area contributed by atoms with Crippen molar-refractivity contribution < 1.29 is 17.6 Å². The van der Waals surface area contributed by atoms with E-state index in [1.165, 1.54) is 25.6 Å². The summed E-state index contributed by atoms with van der Waals surface area (Å²) in [6.07, 6.45) is 2.89. The summed E-state index contributed by atoms with van der Waals surface area (Å²) in [5, 5.41) is 0. The standard InChI is InChI=1S/C16H14N2O4S/c1-21-14-5-7-15(8-6-14)23(19,20)18-13-4-2-3-12(9-13)16-10-17-11-22-16/h2-11,18H,1H3. The molecule has 0 aliphatic rings. The predicted octanol–water partition coefficient (Wildman–Crippen LogP) is 3.15. The molecule has 1 aromatic heterocycles. The first kappa shape index (κ1) is 15.1. The quantitative estimate of drug-likeness (QED) is 0.777. The highest BCUT2D eigenvalue weighted by molar-refractivity contribution is 7.92. The lowest BCUT2D eigenvalue weighted by molar-refractivity contribution is 0.414. The summed E-state index contributed by atoms with van der Waals surface area (Å²) in [7, 11) is -2.15. The Morgan fingerprint density at radius 1 is 1.13 bits per heavy atom. The van der Waals surface area contributed by atoms with E-state index in [2.05, 4.69) is 9.71 Å². The molecule has 0 radical (unpaired) electrons. The zero-order valence-electron chi connectivity index (χ0n) is 12.3. The van der Waals surface area contributed by atoms with Crippen molar-refractivity contribution in [3.05, 3.63) is 61.1 Å². The van der Waals surface area contributed by atoms with Crippen LogP contribution in [0.5, 0.6) is 5.75 Å². The van der Waals surface area contributed by atoms with Gasteiger partial charge in [0.15, 0.2) is 12.2 Å². The SMILES string of the molecule is COc1ccc(S(=O)(=O)Nc2cccc(-c3cnco3)c2)cc1. The molecule has 1 N–H and O–H groups in total. The number of oxazole rings is 1. The lowest BCUT2D eigenvalue weighted by atomic mass is 10.2. The minimum absolute atomic E-state index is 0.156. The second kappa shape index (κ2) is 6.13. The summed E-state index contributed by atoms with van der Waals surface area (Å²) in [5.74, 6) is 1.16. The van der Waals surface area contributed by atoms with Crippen LogP contribution < -0.4 is 9.46 Å². The third-order valence-electron chi connectivity index (χ3n) is 3.20. The van der Waals surface area contributed by atoms with E-state index in [1.54, 1.807) is 36.5 Å². The molecule has 0 saturated carbocycles. The van der Waals surface area contributed by atoms with E-state index in [0.29, 0.717) is 17.2 Å². The molecular weight excluding hydrogens is 316 g/mol. The maximum absolute atomic E-state index is 12.4. The van der Waals surface area contributed by atoms with E-state index in [4.69, 9.17) is 9.15 Å². The molecule has 3 rings (SSSR count). The molecule has 118 valence electrons. The highest BCUT2D eigenvalue weighted by Crippen LogP contribution is 2.24. The fourth-order valence-corrected chi connectivity index (χ4v) is 3.11. The van der Waals surface area contributed by atoms with Crippen molar-refractivity contribution in [2.75, 3.05) is 11.8 Å². The Hall–Kier alpha value is -2.80. The van der Waals surface area contributed by atoms with Gasteiger partial charge in [0, 0.05) is 11.3 Å². The topological polar surface area (TPSA) is 81.4 Å². The first-order valence-corrected chi connectivity index (χ1v) is 8.22. The average Bonchev–Trinajstić information content (AvgIpc) is 3.09. The van der Waals surface area contributed by atoms with Crippen molar-refractivity contribution in [3.8, 4) is 17.1 Å². The van der Waals surface area contributed by atoms with Gasteiger partial charge in [0.1, 0.15) is 5.75 Å². The van der Waals surface area contributed by atoms with Gasteiger partial charge in [0.25, 0.3) is 10.0 Å². The largest absolute Gasteiger partial charge is 0.497 e. The van der Waals surface area contributed by atoms with E-state index in [1.807, 2.05) is 6.07 Å². The summed E-state index contributed by atoms with van der Waals surface area (Å²) in [4.78, 5) is 4.01. The molecule has 1 heterocycles. The van der Waals surface area contributed by atoms with E-state index >= 15 is 0 Å². The van der Waals surface area contributed by atoms with E-state index in [0.717, 1.165) is 5.56 Å². The summed E-state index contributed by atoms with van der Waals surface area (Å²) in [6, 6.07) is 13.1. The Morgan fingerprint density at radius 3 is 2.57 bits per heavy atom. The van der Waals surface area contributed by atoms with Gasteiger partial charge in [0.05, 0.1) is 18.2 Å². The molecule has 0 amide bonds. The summed E-state index contributed by atoms with van der Waals surface area (Å²) < 4.78 is 37.6. The molecule has 0 aliphatic heterocycles. The monoisotopic (exact) mass is 330 g/mol. The fourth-order valence-electron chi connectivity index (χ4n) is 2.06. The Kier molecular flexibility index (Phi) is 4.03. The summed E-state index contributed by atoms with van der Waals surface area (Å²) in [5.41, 5.74) is 1.17. The van der Waals surface area contributed by atoms with Crippen molar-refractivity contribution >= 4 is 15.7 Å². The van der Waals surface area contributed by atoms with Crippen LogP contribution in [0.4, 0.5) is 5.69 Å². The van der Waals surface area contributed by atoms with Crippen molar-refractivity contribution in [1.29, 1.82) is 0 Å². The van der Waals surface area contributed by atoms with Crippen LogP contribution in [0, 0.1) is 0 Å². The zero-order chi connectivity index (χ0) is 16.3. The van der Waals surface area contributed by atoms with Gasteiger partial charge in [-0.25, -0.2) is 13.4 Å². The van der Waals surface area contributed by atoms with E-state index < -0.39 is 10.0 Å². The second-order valence-electron chi connectivity index (χ2n) is 4.73. The molecule has 0 spiro atoms. The smallest absolute Gasteiger partial charge is 0.261 e. The Labute approximate surface area is 133 Å². The third-order valence-corrected chi connectivity index (χ3v) is 4.60. The fraction of sp³-hybridized carbons (Fsp3) is 0.0625. The molecule has 0 bridgehead atoms. The van der Waals surface area contributed by atoms with E-state index in [9.17, 15) is 8.42 Å². The van der Waals surface area contributed by atoms with Gasteiger partial charge in [-0.2, -0.15) is 0 Å². The highest BCUT2D eigenvalue weighted by atomic mass is 32.2. The number of sulfonamides is 1. The number of methoxy groups -OCH3 is 1. The molecule has 0 fully saturated rings. The van der Waals surface area contributed by atoms with Crippen LogP contribution in [0.2, 0.25) is 0 Å². The molecule has 23 heavy (non-hydrogen) atoms. The maximum Gasteiger partial charge on any atom is 0.261 e.